The van der Waals surface area contributed by atoms with Crippen molar-refractivity contribution in [3.63, 3.8) is 0 Å². The molecule has 10 nitrogen and oxygen atoms in total. The molecule has 38 heavy (non-hydrogen) atoms. The normalized spacial score (nSPS) is 12.7. The van der Waals surface area contributed by atoms with Gasteiger partial charge in [-0.3, -0.25) is 9.48 Å². The van der Waals surface area contributed by atoms with Crippen LogP contribution in [0.4, 0.5) is 15.9 Å². The number of carbonyl (C=O) groups excluding carboxylic acids is 1. The van der Waals surface area contributed by atoms with E-state index < -0.39 is 11.5 Å². The van der Waals surface area contributed by atoms with Crippen molar-refractivity contribution in [3.8, 4) is 22.9 Å². The molecule has 192 valence electrons. The number of hydrogen-bond donors (Lipinski definition) is 2. The second kappa shape index (κ2) is 10.2. The van der Waals surface area contributed by atoms with Gasteiger partial charge in [-0.2, -0.15) is 5.10 Å². The summed E-state index contributed by atoms with van der Waals surface area (Å²) in [5.41, 5.74) is 7.76. The third-order valence-corrected chi connectivity index (χ3v) is 6.22. The first-order chi connectivity index (χ1) is 18.4. The number of nitrogens with one attached hydrogen (secondary N) is 1. The Kier molecular flexibility index (Phi) is 6.67. The summed E-state index contributed by atoms with van der Waals surface area (Å²) in [6.45, 7) is 1.81. The summed E-state index contributed by atoms with van der Waals surface area (Å²) in [7, 11) is 1.46. The van der Waals surface area contributed by atoms with E-state index in [0.29, 0.717) is 28.2 Å². The van der Waals surface area contributed by atoms with Gasteiger partial charge < -0.3 is 20.3 Å². The van der Waals surface area contributed by atoms with Gasteiger partial charge in [0.1, 0.15) is 29.2 Å². The van der Waals surface area contributed by atoms with Crippen LogP contribution < -0.4 is 11.1 Å². The molecule has 1 atom stereocenters. The number of halogens is 1. The molecule has 3 aromatic heterocycles. The van der Waals surface area contributed by atoms with Crippen LogP contribution in [0.25, 0.3) is 22.9 Å². The van der Waals surface area contributed by atoms with Gasteiger partial charge in [-0.15, -0.1) is 0 Å². The summed E-state index contributed by atoms with van der Waals surface area (Å²) in [5.74, 6) is -0.525. The molecule has 11 heteroatoms. The van der Waals surface area contributed by atoms with Crippen molar-refractivity contribution in [2.45, 2.75) is 19.1 Å². The van der Waals surface area contributed by atoms with Gasteiger partial charge in [0, 0.05) is 18.7 Å². The minimum atomic E-state index is -1.26. The number of amides is 1. The molecule has 5 aromatic rings. The van der Waals surface area contributed by atoms with E-state index >= 15 is 0 Å². The molecule has 0 radical (unpaired) electrons. The lowest BCUT2D eigenvalue weighted by atomic mass is 9.94. The van der Waals surface area contributed by atoms with Crippen molar-refractivity contribution in [3.05, 3.63) is 96.1 Å². The zero-order valence-corrected chi connectivity index (χ0v) is 20.6. The molecular weight excluding hydrogens is 489 g/mol. The monoisotopic (exact) mass is 513 g/mol. The minimum Gasteiger partial charge on any atom is -0.382 e. The van der Waals surface area contributed by atoms with E-state index in [1.165, 1.54) is 25.6 Å². The molecule has 0 bridgehead atoms. The molecule has 0 aliphatic carbocycles. The predicted octanol–water partition coefficient (Wildman–Crippen LogP) is 4.27. The van der Waals surface area contributed by atoms with Crippen LogP contribution in [0.15, 0.2) is 83.7 Å². The quantitative estimate of drug-likeness (QED) is 0.314. The van der Waals surface area contributed by atoms with Crippen molar-refractivity contribution >= 4 is 17.4 Å². The van der Waals surface area contributed by atoms with Gasteiger partial charge in [0.25, 0.3) is 5.91 Å². The second-order valence-corrected chi connectivity index (χ2v) is 8.60. The van der Waals surface area contributed by atoms with Gasteiger partial charge in [0.15, 0.2) is 17.2 Å². The van der Waals surface area contributed by atoms with Crippen LogP contribution in [-0.4, -0.2) is 37.9 Å². The zero-order chi connectivity index (χ0) is 26.7. The maximum atomic E-state index is 14.3. The van der Waals surface area contributed by atoms with Gasteiger partial charge in [0.05, 0.1) is 18.4 Å². The SMILES string of the molecule is CO[C@@](C)(C(=O)Nc1cnc(-c2cc(-c3ccon3)n(Cc3ccccc3F)n2)nc1N)c1ccccc1. The number of carbonyl (C=O) groups is 1. The first kappa shape index (κ1) is 24.8. The molecule has 1 amide bonds. The van der Waals surface area contributed by atoms with Crippen molar-refractivity contribution in [1.29, 1.82) is 0 Å². The number of hydrogen-bond acceptors (Lipinski definition) is 8. The Morgan fingerprint density at radius 3 is 2.58 bits per heavy atom. The van der Waals surface area contributed by atoms with Crippen LogP contribution in [0.3, 0.4) is 0 Å². The van der Waals surface area contributed by atoms with Gasteiger partial charge in [-0.1, -0.05) is 53.7 Å². The zero-order valence-electron chi connectivity index (χ0n) is 20.6. The molecule has 0 saturated heterocycles. The van der Waals surface area contributed by atoms with Crippen LogP contribution in [0, 0.1) is 5.82 Å². The number of rotatable bonds is 8. The lowest BCUT2D eigenvalue weighted by Gasteiger charge is -2.27. The number of nitrogens with two attached hydrogens (primary N) is 1. The molecule has 0 aliphatic rings. The van der Waals surface area contributed by atoms with E-state index in [9.17, 15) is 9.18 Å². The second-order valence-electron chi connectivity index (χ2n) is 8.60. The van der Waals surface area contributed by atoms with E-state index in [-0.39, 0.29) is 29.7 Å². The van der Waals surface area contributed by atoms with E-state index in [1.807, 2.05) is 18.2 Å². The number of ether oxygens (including phenoxy) is 1. The Bertz CT molecular complexity index is 1570. The minimum absolute atomic E-state index is 0.0431. The van der Waals surface area contributed by atoms with Gasteiger partial charge in [-0.05, 0) is 24.6 Å². The molecule has 0 aliphatic heterocycles. The molecular formula is C27H24FN7O3. The average molecular weight is 514 g/mol. The lowest BCUT2D eigenvalue weighted by Crippen LogP contribution is -2.39. The van der Waals surface area contributed by atoms with Gasteiger partial charge in [-0.25, -0.2) is 14.4 Å². The van der Waals surface area contributed by atoms with Crippen LogP contribution in [-0.2, 0) is 21.7 Å². The number of nitrogens with zero attached hydrogens (tertiary/aromatic N) is 5. The summed E-state index contributed by atoms with van der Waals surface area (Å²) in [5, 5.41) is 11.3. The van der Waals surface area contributed by atoms with E-state index in [2.05, 4.69) is 25.5 Å². The topological polar surface area (TPSA) is 134 Å². The number of benzene rings is 2. The Labute approximate surface area is 217 Å². The third kappa shape index (κ3) is 4.74. The first-order valence-electron chi connectivity index (χ1n) is 11.7. The highest BCUT2D eigenvalue weighted by molar-refractivity contribution is 5.99. The maximum Gasteiger partial charge on any atom is 0.261 e. The van der Waals surface area contributed by atoms with E-state index in [0.717, 1.165) is 0 Å². The fourth-order valence-corrected chi connectivity index (χ4v) is 3.94. The molecule has 0 unspecified atom stereocenters. The van der Waals surface area contributed by atoms with E-state index in [1.54, 1.807) is 54.1 Å². The van der Waals surface area contributed by atoms with Gasteiger partial charge in [0.2, 0.25) is 0 Å². The number of anilines is 2. The lowest BCUT2D eigenvalue weighted by molar-refractivity contribution is -0.136. The van der Waals surface area contributed by atoms with Crippen LogP contribution in [0.2, 0.25) is 0 Å². The van der Waals surface area contributed by atoms with Crippen molar-refractivity contribution < 1.29 is 18.4 Å². The molecule has 5 rings (SSSR count). The van der Waals surface area contributed by atoms with Crippen LogP contribution >= 0.6 is 0 Å². The number of methoxy groups -OCH3 is 1. The maximum absolute atomic E-state index is 14.3. The Morgan fingerprint density at radius 1 is 1.13 bits per heavy atom. The molecule has 0 saturated carbocycles. The predicted molar refractivity (Wildman–Crippen MR) is 138 cm³/mol. The molecule has 0 fully saturated rings. The highest BCUT2D eigenvalue weighted by Gasteiger charge is 2.35. The summed E-state index contributed by atoms with van der Waals surface area (Å²) in [6, 6.07) is 18.9. The van der Waals surface area contributed by atoms with Gasteiger partial charge >= 0.3 is 0 Å². The fourth-order valence-electron chi connectivity index (χ4n) is 3.94. The summed E-state index contributed by atoms with van der Waals surface area (Å²) >= 11 is 0. The molecule has 2 aromatic carbocycles. The summed E-state index contributed by atoms with van der Waals surface area (Å²) in [6.07, 6.45) is 2.84. The number of nitrogen functional groups attached to an aromatic ring is 1. The fraction of sp³-hybridized carbons (Fsp3) is 0.148. The largest absolute Gasteiger partial charge is 0.382 e. The number of aromatic nitrogens is 5. The Morgan fingerprint density at radius 2 is 1.89 bits per heavy atom. The molecule has 0 spiro atoms. The van der Waals surface area contributed by atoms with Crippen molar-refractivity contribution in [1.82, 2.24) is 24.9 Å². The standard InChI is InChI=1S/C27H24FN7O3/c1-27(37-2,18-9-4-3-5-10-18)26(36)31-22-15-30-25(32-24(22)29)21-14-23(20-12-13-38-34-20)35(33-21)16-17-8-6-7-11-19(17)28/h3-15H,16H2,1-2H3,(H,31,36)(H2,29,30,32)/t27-/m1/s1. The third-order valence-electron chi connectivity index (χ3n) is 6.22. The first-order valence-corrected chi connectivity index (χ1v) is 11.7. The average Bonchev–Trinajstić information content (AvgIpc) is 3.61. The Hall–Kier alpha value is -4.90. The van der Waals surface area contributed by atoms with Crippen LogP contribution in [0.5, 0.6) is 0 Å². The van der Waals surface area contributed by atoms with Crippen molar-refractivity contribution in [2.24, 2.45) is 0 Å². The molecule has 3 heterocycles. The highest BCUT2D eigenvalue weighted by atomic mass is 19.1. The molecule has 3 N–H and O–H groups in total. The summed E-state index contributed by atoms with van der Waals surface area (Å²) < 4.78 is 26.5. The summed E-state index contributed by atoms with van der Waals surface area (Å²) in [4.78, 5) is 21.9. The van der Waals surface area contributed by atoms with Crippen LogP contribution in [0.1, 0.15) is 18.1 Å². The van der Waals surface area contributed by atoms with E-state index in [4.69, 9.17) is 15.0 Å². The Balaban J connectivity index is 1.44. The smallest absolute Gasteiger partial charge is 0.261 e. The van der Waals surface area contributed by atoms with Crippen molar-refractivity contribution in [2.75, 3.05) is 18.2 Å². The highest BCUT2D eigenvalue weighted by Crippen LogP contribution is 2.29.